The van der Waals surface area contributed by atoms with Gasteiger partial charge >= 0.3 is 0 Å². The number of furan rings is 1. The molecule has 4 aromatic rings. The van der Waals surface area contributed by atoms with Crippen molar-refractivity contribution in [1.82, 2.24) is 19.3 Å². The number of nitrogens with zero attached hydrogens (tertiary/aromatic N) is 4. The Labute approximate surface area is 156 Å². The van der Waals surface area contributed by atoms with E-state index in [1.165, 1.54) is 0 Å². The normalized spacial score (nSPS) is 10.9. The van der Waals surface area contributed by atoms with E-state index < -0.39 is 0 Å². The van der Waals surface area contributed by atoms with E-state index >= 15 is 0 Å². The Morgan fingerprint density at radius 1 is 1.07 bits per heavy atom. The number of rotatable bonds is 6. The summed E-state index contributed by atoms with van der Waals surface area (Å²) >= 11 is 0. The number of benzene rings is 1. The van der Waals surface area contributed by atoms with Crippen LogP contribution in [0.4, 0.5) is 5.69 Å². The van der Waals surface area contributed by atoms with Gasteiger partial charge in [0.2, 0.25) is 0 Å². The highest BCUT2D eigenvalue weighted by molar-refractivity contribution is 6.02. The molecule has 3 heterocycles. The van der Waals surface area contributed by atoms with Gasteiger partial charge < -0.3 is 14.3 Å². The molecule has 0 saturated heterocycles. The standard InChI is InChI=1S/C20H19N5O2/c1-15-21-10-12-24(15)13-16-5-2-3-6-18(16)23-20(26)19-8-7-17(27-19)14-25-11-4-9-22-25/h2-12H,13-14H2,1H3,(H,23,26). The van der Waals surface area contributed by atoms with Crippen LogP contribution in [0.1, 0.15) is 27.7 Å². The summed E-state index contributed by atoms with van der Waals surface area (Å²) in [5, 5.41) is 7.08. The van der Waals surface area contributed by atoms with E-state index in [9.17, 15) is 4.79 Å². The lowest BCUT2D eigenvalue weighted by Crippen LogP contribution is -2.13. The second kappa shape index (κ2) is 7.33. The Hall–Kier alpha value is -3.61. The van der Waals surface area contributed by atoms with Crippen molar-refractivity contribution in [3.05, 3.63) is 90.2 Å². The van der Waals surface area contributed by atoms with Crippen LogP contribution in [0, 0.1) is 6.92 Å². The molecule has 3 aromatic heterocycles. The molecule has 0 aliphatic carbocycles. The lowest BCUT2D eigenvalue weighted by molar-refractivity contribution is 0.0994. The highest BCUT2D eigenvalue weighted by Gasteiger charge is 2.14. The van der Waals surface area contributed by atoms with E-state index in [0.717, 1.165) is 17.1 Å². The van der Waals surface area contributed by atoms with Crippen molar-refractivity contribution >= 4 is 11.6 Å². The third-order valence-corrected chi connectivity index (χ3v) is 4.29. The molecule has 7 nitrogen and oxygen atoms in total. The number of hydrogen-bond donors (Lipinski definition) is 1. The zero-order valence-electron chi connectivity index (χ0n) is 14.9. The highest BCUT2D eigenvalue weighted by Crippen LogP contribution is 2.19. The molecular weight excluding hydrogens is 342 g/mol. The Bertz CT molecular complexity index is 1050. The number of carbonyl (C=O) groups is 1. The second-order valence-electron chi connectivity index (χ2n) is 6.18. The maximum absolute atomic E-state index is 12.6. The molecule has 4 rings (SSSR count). The summed E-state index contributed by atoms with van der Waals surface area (Å²) in [6.45, 7) is 3.06. The van der Waals surface area contributed by atoms with Gasteiger partial charge in [-0.1, -0.05) is 18.2 Å². The van der Waals surface area contributed by atoms with Gasteiger partial charge in [0, 0.05) is 30.5 Å². The first-order valence-electron chi connectivity index (χ1n) is 8.62. The van der Waals surface area contributed by atoms with Crippen LogP contribution in [0.2, 0.25) is 0 Å². The number of para-hydroxylation sites is 1. The van der Waals surface area contributed by atoms with Crippen molar-refractivity contribution in [2.24, 2.45) is 0 Å². The Balaban J connectivity index is 1.48. The first-order valence-corrected chi connectivity index (χ1v) is 8.62. The second-order valence-corrected chi connectivity index (χ2v) is 6.18. The third-order valence-electron chi connectivity index (χ3n) is 4.29. The fourth-order valence-corrected chi connectivity index (χ4v) is 2.86. The van der Waals surface area contributed by atoms with Crippen LogP contribution in [0.15, 0.2) is 71.7 Å². The minimum absolute atomic E-state index is 0.269. The zero-order chi connectivity index (χ0) is 18.6. The summed E-state index contributed by atoms with van der Waals surface area (Å²) in [6.07, 6.45) is 7.23. The number of carbonyl (C=O) groups excluding carboxylic acids is 1. The SMILES string of the molecule is Cc1nccn1Cc1ccccc1NC(=O)c1ccc(Cn2cccn2)o1. The van der Waals surface area contributed by atoms with Crippen molar-refractivity contribution in [2.75, 3.05) is 5.32 Å². The number of amides is 1. The largest absolute Gasteiger partial charge is 0.454 e. The predicted molar refractivity (Wildman–Crippen MR) is 100 cm³/mol. The molecule has 7 heteroatoms. The van der Waals surface area contributed by atoms with Crippen molar-refractivity contribution in [2.45, 2.75) is 20.0 Å². The first-order chi connectivity index (χ1) is 13.2. The summed E-state index contributed by atoms with van der Waals surface area (Å²) < 4.78 is 9.43. The summed E-state index contributed by atoms with van der Waals surface area (Å²) in [4.78, 5) is 16.8. The van der Waals surface area contributed by atoms with Crippen LogP contribution in [-0.2, 0) is 13.1 Å². The number of nitrogens with one attached hydrogen (secondary N) is 1. The summed E-state index contributed by atoms with van der Waals surface area (Å²) in [5.41, 5.74) is 1.75. The van der Waals surface area contributed by atoms with Gasteiger partial charge in [-0.15, -0.1) is 0 Å². The van der Waals surface area contributed by atoms with E-state index in [1.807, 2.05) is 54.2 Å². The fraction of sp³-hybridized carbons (Fsp3) is 0.150. The molecule has 136 valence electrons. The molecule has 1 amide bonds. The van der Waals surface area contributed by atoms with Crippen LogP contribution in [-0.4, -0.2) is 25.2 Å². The fourth-order valence-electron chi connectivity index (χ4n) is 2.86. The number of imidazole rings is 1. The Morgan fingerprint density at radius 3 is 2.74 bits per heavy atom. The lowest BCUT2D eigenvalue weighted by Gasteiger charge is -2.12. The summed E-state index contributed by atoms with van der Waals surface area (Å²) in [5.74, 6) is 1.58. The van der Waals surface area contributed by atoms with Crippen molar-refractivity contribution in [1.29, 1.82) is 0 Å². The molecular formula is C20H19N5O2. The van der Waals surface area contributed by atoms with Crippen molar-refractivity contribution in [3.8, 4) is 0 Å². The molecule has 0 unspecified atom stereocenters. The number of hydrogen-bond acceptors (Lipinski definition) is 4. The molecule has 1 aromatic carbocycles. The molecule has 0 radical (unpaired) electrons. The van der Waals surface area contributed by atoms with Gasteiger partial charge in [0.05, 0.1) is 13.1 Å². The molecule has 0 aliphatic heterocycles. The van der Waals surface area contributed by atoms with E-state index in [1.54, 1.807) is 29.2 Å². The average Bonchev–Trinajstić information content (AvgIpc) is 3.41. The number of aryl methyl sites for hydroxylation is 1. The first kappa shape index (κ1) is 16.8. The van der Waals surface area contributed by atoms with E-state index in [2.05, 4.69) is 15.4 Å². The zero-order valence-corrected chi connectivity index (χ0v) is 14.9. The monoisotopic (exact) mass is 361 g/mol. The smallest absolute Gasteiger partial charge is 0.291 e. The molecule has 0 fully saturated rings. The van der Waals surface area contributed by atoms with E-state index in [4.69, 9.17) is 4.42 Å². The number of anilines is 1. The topological polar surface area (TPSA) is 77.9 Å². The maximum Gasteiger partial charge on any atom is 0.291 e. The molecule has 0 aliphatic rings. The highest BCUT2D eigenvalue weighted by atomic mass is 16.4. The van der Waals surface area contributed by atoms with Crippen molar-refractivity contribution in [3.63, 3.8) is 0 Å². The van der Waals surface area contributed by atoms with E-state index in [-0.39, 0.29) is 11.7 Å². The lowest BCUT2D eigenvalue weighted by atomic mass is 10.1. The molecule has 0 atom stereocenters. The van der Waals surface area contributed by atoms with Crippen LogP contribution >= 0.6 is 0 Å². The van der Waals surface area contributed by atoms with Crippen molar-refractivity contribution < 1.29 is 9.21 Å². The van der Waals surface area contributed by atoms with E-state index in [0.29, 0.717) is 18.8 Å². The maximum atomic E-state index is 12.6. The van der Waals surface area contributed by atoms with Gasteiger partial charge in [0.1, 0.15) is 11.6 Å². The minimum atomic E-state index is -0.281. The predicted octanol–water partition coefficient (Wildman–Crippen LogP) is 3.33. The van der Waals surface area contributed by atoms with Crippen LogP contribution in [0.5, 0.6) is 0 Å². The van der Waals surface area contributed by atoms with Gasteiger partial charge in [-0.3, -0.25) is 9.48 Å². The molecule has 1 N–H and O–H groups in total. The molecule has 0 bridgehead atoms. The van der Waals surface area contributed by atoms with Gasteiger partial charge in [-0.05, 0) is 36.8 Å². The van der Waals surface area contributed by atoms with Gasteiger partial charge in [0.25, 0.3) is 5.91 Å². The van der Waals surface area contributed by atoms with Crippen LogP contribution < -0.4 is 5.32 Å². The summed E-state index contributed by atoms with van der Waals surface area (Å²) in [6, 6.07) is 13.0. The van der Waals surface area contributed by atoms with Gasteiger partial charge in [0.15, 0.2) is 5.76 Å². The van der Waals surface area contributed by atoms with Gasteiger partial charge in [-0.2, -0.15) is 5.10 Å². The Morgan fingerprint density at radius 2 is 1.96 bits per heavy atom. The molecule has 27 heavy (non-hydrogen) atoms. The Kier molecular flexibility index (Phi) is 4.57. The third kappa shape index (κ3) is 3.82. The number of aromatic nitrogens is 4. The van der Waals surface area contributed by atoms with Crippen LogP contribution in [0.25, 0.3) is 0 Å². The molecule has 0 saturated carbocycles. The quantitative estimate of drug-likeness (QED) is 0.571. The summed E-state index contributed by atoms with van der Waals surface area (Å²) in [7, 11) is 0. The van der Waals surface area contributed by atoms with Gasteiger partial charge in [-0.25, -0.2) is 4.98 Å². The minimum Gasteiger partial charge on any atom is -0.454 e. The van der Waals surface area contributed by atoms with Crippen LogP contribution in [0.3, 0.4) is 0 Å². The molecule has 0 spiro atoms. The average molecular weight is 361 g/mol.